The highest BCUT2D eigenvalue weighted by Crippen LogP contribution is 2.27. The van der Waals surface area contributed by atoms with E-state index >= 15 is 0 Å². The van der Waals surface area contributed by atoms with Crippen LogP contribution in [0.25, 0.3) is 0 Å². The highest BCUT2D eigenvalue weighted by molar-refractivity contribution is 5.73. The minimum absolute atomic E-state index is 0.230. The van der Waals surface area contributed by atoms with Crippen LogP contribution in [-0.2, 0) is 16.0 Å². The zero-order valence-corrected chi connectivity index (χ0v) is 11.9. The Morgan fingerprint density at radius 3 is 2.42 bits per heavy atom. The van der Waals surface area contributed by atoms with E-state index in [1.807, 2.05) is 25.1 Å². The van der Waals surface area contributed by atoms with E-state index in [4.69, 9.17) is 14.2 Å². The molecule has 0 atom stereocenters. The highest BCUT2D eigenvalue weighted by Gasteiger charge is 2.09. The van der Waals surface area contributed by atoms with Gasteiger partial charge in [0.1, 0.15) is 6.61 Å². The molecule has 0 saturated heterocycles. The third-order valence-electron chi connectivity index (χ3n) is 2.60. The Bertz CT molecular complexity index is 418. The maximum absolute atomic E-state index is 11.6. The summed E-state index contributed by atoms with van der Waals surface area (Å²) in [5.74, 6) is 1.02. The zero-order chi connectivity index (χ0) is 14.3. The van der Waals surface area contributed by atoms with Crippen molar-refractivity contribution in [1.82, 2.24) is 4.90 Å². The average molecular weight is 267 g/mol. The van der Waals surface area contributed by atoms with Gasteiger partial charge in [0.15, 0.2) is 11.5 Å². The number of hydrogen-bond acceptors (Lipinski definition) is 5. The fourth-order valence-corrected chi connectivity index (χ4v) is 1.55. The van der Waals surface area contributed by atoms with Crippen LogP contribution in [0.5, 0.6) is 11.5 Å². The van der Waals surface area contributed by atoms with Gasteiger partial charge in [0.25, 0.3) is 0 Å². The number of esters is 1. The van der Waals surface area contributed by atoms with Gasteiger partial charge in [-0.05, 0) is 31.8 Å². The van der Waals surface area contributed by atoms with Gasteiger partial charge in [0.05, 0.1) is 20.6 Å². The molecule has 0 N–H and O–H groups in total. The van der Waals surface area contributed by atoms with Crippen LogP contribution < -0.4 is 9.47 Å². The van der Waals surface area contributed by atoms with Crippen LogP contribution in [-0.4, -0.2) is 52.3 Å². The molecule has 0 aromatic heterocycles. The number of methoxy groups -OCH3 is 2. The molecule has 0 aliphatic carbocycles. The number of carbonyl (C=O) groups is 1. The molecule has 1 aromatic rings. The molecular formula is C14H21NO4. The summed E-state index contributed by atoms with van der Waals surface area (Å²) in [6.45, 7) is 1.12. The van der Waals surface area contributed by atoms with Crippen LogP contribution in [0.2, 0.25) is 0 Å². The Hall–Kier alpha value is -1.75. The summed E-state index contributed by atoms with van der Waals surface area (Å²) in [7, 11) is 7.01. The van der Waals surface area contributed by atoms with Gasteiger partial charge in [0, 0.05) is 6.54 Å². The molecule has 0 unspecified atom stereocenters. The SMILES string of the molecule is COc1ccc(CC(=O)OCCN(C)C)cc1OC. The molecule has 0 saturated carbocycles. The first-order chi connectivity index (χ1) is 9.06. The first-order valence-electron chi connectivity index (χ1n) is 6.08. The molecule has 1 aromatic carbocycles. The second kappa shape index (κ2) is 7.63. The van der Waals surface area contributed by atoms with E-state index < -0.39 is 0 Å². The van der Waals surface area contributed by atoms with E-state index in [2.05, 4.69) is 0 Å². The Balaban J connectivity index is 2.54. The third kappa shape index (κ3) is 5.18. The summed E-state index contributed by atoms with van der Waals surface area (Å²) in [4.78, 5) is 13.6. The van der Waals surface area contributed by atoms with Crippen LogP contribution in [0, 0.1) is 0 Å². The molecule has 0 aliphatic heterocycles. The lowest BCUT2D eigenvalue weighted by Crippen LogP contribution is -2.20. The van der Waals surface area contributed by atoms with E-state index in [1.165, 1.54) is 0 Å². The second-order valence-corrected chi connectivity index (χ2v) is 4.39. The number of rotatable bonds is 7. The van der Waals surface area contributed by atoms with E-state index in [0.29, 0.717) is 18.1 Å². The van der Waals surface area contributed by atoms with Gasteiger partial charge in [0.2, 0.25) is 0 Å². The molecule has 0 fully saturated rings. The Morgan fingerprint density at radius 2 is 1.84 bits per heavy atom. The first-order valence-corrected chi connectivity index (χ1v) is 6.08. The lowest BCUT2D eigenvalue weighted by Gasteiger charge is -2.11. The highest BCUT2D eigenvalue weighted by atomic mass is 16.5. The van der Waals surface area contributed by atoms with E-state index in [-0.39, 0.29) is 12.4 Å². The molecule has 5 nitrogen and oxygen atoms in total. The summed E-state index contributed by atoms with van der Waals surface area (Å²) in [5, 5.41) is 0. The van der Waals surface area contributed by atoms with Crippen molar-refractivity contribution in [3.63, 3.8) is 0 Å². The van der Waals surface area contributed by atoms with Gasteiger partial charge in [-0.1, -0.05) is 6.07 Å². The second-order valence-electron chi connectivity index (χ2n) is 4.39. The normalized spacial score (nSPS) is 10.4. The van der Waals surface area contributed by atoms with Gasteiger partial charge in [-0.15, -0.1) is 0 Å². The number of carbonyl (C=O) groups excluding carboxylic acids is 1. The quantitative estimate of drug-likeness (QED) is 0.698. The van der Waals surface area contributed by atoms with Crippen LogP contribution in [0.1, 0.15) is 5.56 Å². The van der Waals surface area contributed by atoms with Crippen molar-refractivity contribution in [1.29, 1.82) is 0 Å². The van der Waals surface area contributed by atoms with Crippen molar-refractivity contribution in [2.24, 2.45) is 0 Å². The van der Waals surface area contributed by atoms with Crippen LogP contribution in [0.3, 0.4) is 0 Å². The molecule has 19 heavy (non-hydrogen) atoms. The number of benzene rings is 1. The van der Waals surface area contributed by atoms with Crippen LogP contribution >= 0.6 is 0 Å². The van der Waals surface area contributed by atoms with Crippen molar-refractivity contribution in [3.8, 4) is 11.5 Å². The Kier molecular flexibility index (Phi) is 6.15. The monoisotopic (exact) mass is 267 g/mol. The van der Waals surface area contributed by atoms with Gasteiger partial charge in [-0.3, -0.25) is 4.79 Å². The standard InChI is InChI=1S/C14H21NO4/c1-15(2)7-8-19-14(16)10-11-5-6-12(17-3)13(9-11)18-4/h5-6,9H,7-8,10H2,1-4H3. The summed E-state index contributed by atoms with van der Waals surface area (Å²) in [5.41, 5.74) is 0.840. The van der Waals surface area contributed by atoms with Crippen molar-refractivity contribution in [3.05, 3.63) is 23.8 Å². The number of hydrogen-bond donors (Lipinski definition) is 0. The number of ether oxygens (including phenoxy) is 3. The topological polar surface area (TPSA) is 48.0 Å². The van der Waals surface area contributed by atoms with Crippen LogP contribution in [0.15, 0.2) is 18.2 Å². The fraction of sp³-hybridized carbons (Fsp3) is 0.500. The molecule has 0 aliphatic rings. The van der Waals surface area contributed by atoms with Crippen molar-refractivity contribution < 1.29 is 19.0 Å². The smallest absolute Gasteiger partial charge is 0.310 e. The molecule has 0 radical (unpaired) electrons. The maximum Gasteiger partial charge on any atom is 0.310 e. The first kappa shape index (κ1) is 15.3. The minimum atomic E-state index is -0.242. The number of likely N-dealkylation sites (N-methyl/N-ethyl adjacent to an activating group) is 1. The molecule has 0 spiro atoms. The van der Waals surface area contributed by atoms with Crippen molar-refractivity contribution >= 4 is 5.97 Å². The largest absolute Gasteiger partial charge is 0.493 e. The van der Waals surface area contributed by atoms with E-state index in [9.17, 15) is 4.79 Å². The summed E-state index contributed by atoms with van der Waals surface area (Å²) in [6.07, 6.45) is 0.230. The predicted octanol–water partition coefficient (Wildman–Crippen LogP) is 1.35. The average Bonchev–Trinajstić information content (AvgIpc) is 2.38. The predicted molar refractivity (Wildman–Crippen MR) is 72.8 cm³/mol. The summed E-state index contributed by atoms with van der Waals surface area (Å²) in [6, 6.07) is 5.39. The van der Waals surface area contributed by atoms with Gasteiger partial charge in [-0.2, -0.15) is 0 Å². The fourth-order valence-electron chi connectivity index (χ4n) is 1.55. The Morgan fingerprint density at radius 1 is 1.16 bits per heavy atom. The minimum Gasteiger partial charge on any atom is -0.493 e. The lowest BCUT2D eigenvalue weighted by atomic mass is 10.1. The lowest BCUT2D eigenvalue weighted by molar-refractivity contribution is -0.143. The van der Waals surface area contributed by atoms with Gasteiger partial charge >= 0.3 is 5.97 Å². The van der Waals surface area contributed by atoms with E-state index in [0.717, 1.165) is 12.1 Å². The molecule has 0 bridgehead atoms. The van der Waals surface area contributed by atoms with Crippen molar-refractivity contribution in [2.45, 2.75) is 6.42 Å². The van der Waals surface area contributed by atoms with Crippen LogP contribution in [0.4, 0.5) is 0 Å². The molecule has 5 heteroatoms. The molecule has 0 heterocycles. The number of nitrogens with zero attached hydrogens (tertiary/aromatic N) is 1. The molecule has 106 valence electrons. The van der Waals surface area contributed by atoms with Gasteiger partial charge in [-0.25, -0.2) is 0 Å². The molecule has 0 amide bonds. The molecule has 1 rings (SSSR count). The molecular weight excluding hydrogens is 246 g/mol. The summed E-state index contributed by atoms with van der Waals surface area (Å²) >= 11 is 0. The zero-order valence-electron chi connectivity index (χ0n) is 11.9. The Labute approximate surface area is 114 Å². The third-order valence-corrected chi connectivity index (χ3v) is 2.60. The maximum atomic E-state index is 11.6. The van der Waals surface area contributed by atoms with E-state index in [1.54, 1.807) is 26.4 Å². The van der Waals surface area contributed by atoms with Crippen molar-refractivity contribution in [2.75, 3.05) is 41.5 Å². The van der Waals surface area contributed by atoms with Gasteiger partial charge < -0.3 is 19.1 Å². The summed E-state index contributed by atoms with van der Waals surface area (Å²) < 4.78 is 15.5.